The van der Waals surface area contributed by atoms with Gasteiger partial charge in [-0.05, 0) is 31.0 Å². The predicted molar refractivity (Wildman–Crippen MR) is 68.5 cm³/mol. The van der Waals surface area contributed by atoms with Gasteiger partial charge in [0.2, 0.25) is 0 Å². The van der Waals surface area contributed by atoms with Gasteiger partial charge in [0.25, 0.3) is 10.0 Å². The summed E-state index contributed by atoms with van der Waals surface area (Å²) in [5.74, 6) is -0.602. The summed E-state index contributed by atoms with van der Waals surface area (Å²) in [6.07, 6.45) is 0.571. The summed E-state index contributed by atoms with van der Waals surface area (Å²) >= 11 is 0. The van der Waals surface area contributed by atoms with E-state index in [0.717, 1.165) is 0 Å². The van der Waals surface area contributed by atoms with Gasteiger partial charge >= 0.3 is 5.97 Å². The molecule has 0 aliphatic rings. The van der Waals surface area contributed by atoms with Crippen LogP contribution < -0.4 is 0 Å². The minimum Gasteiger partial charge on any atom is -0.465 e. The van der Waals surface area contributed by atoms with Gasteiger partial charge < -0.3 is 4.74 Å². The van der Waals surface area contributed by atoms with E-state index in [9.17, 15) is 18.4 Å². The monoisotopic (exact) mass is 287 g/mol. The van der Waals surface area contributed by atoms with Crippen LogP contribution in [0.3, 0.4) is 0 Å². The first-order valence-electron chi connectivity index (χ1n) is 5.81. The molecule has 0 aliphatic heterocycles. The molecule has 1 rings (SSSR count). The molecule has 6 nitrogen and oxygen atoms in total. The van der Waals surface area contributed by atoms with Gasteiger partial charge in [-0.3, -0.25) is 5.21 Å². The van der Waals surface area contributed by atoms with E-state index in [4.69, 9.17) is 0 Å². The SMILES string of the molecule is CCc1ccc(S(=O)(=O)N(O)CC)cc1C(=O)OC. The van der Waals surface area contributed by atoms with Gasteiger partial charge in [0, 0.05) is 6.54 Å². The Kier molecular flexibility index (Phi) is 5.04. The van der Waals surface area contributed by atoms with E-state index in [1.807, 2.05) is 6.92 Å². The Labute approximate surface area is 112 Å². The van der Waals surface area contributed by atoms with Crippen molar-refractivity contribution in [2.45, 2.75) is 25.2 Å². The van der Waals surface area contributed by atoms with Crippen molar-refractivity contribution in [3.05, 3.63) is 29.3 Å². The van der Waals surface area contributed by atoms with Gasteiger partial charge in [-0.25, -0.2) is 13.2 Å². The molecule has 7 heteroatoms. The highest BCUT2D eigenvalue weighted by molar-refractivity contribution is 7.89. The third kappa shape index (κ3) is 3.12. The lowest BCUT2D eigenvalue weighted by Crippen LogP contribution is -2.27. The number of nitrogens with zero attached hydrogens (tertiary/aromatic N) is 1. The number of rotatable bonds is 5. The quantitative estimate of drug-likeness (QED) is 0.654. The van der Waals surface area contributed by atoms with Crippen LogP contribution in [0.15, 0.2) is 23.1 Å². The summed E-state index contributed by atoms with van der Waals surface area (Å²) in [5.41, 5.74) is 0.877. The molecule has 0 amide bonds. The first-order valence-corrected chi connectivity index (χ1v) is 7.25. The number of methoxy groups -OCH3 is 1. The number of hydrogen-bond acceptors (Lipinski definition) is 5. The molecule has 1 N–H and O–H groups in total. The van der Waals surface area contributed by atoms with Crippen LogP contribution in [-0.2, 0) is 21.2 Å². The number of hydroxylamine groups is 1. The van der Waals surface area contributed by atoms with E-state index in [1.54, 1.807) is 6.07 Å². The molecule has 0 saturated carbocycles. The molecule has 0 unspecified atom stereocenters. The molecule has 1 aromatic carbocycles. The standard InChI is InChI=1S/C12H17NO5S/c1-4-9-6-7-10(8-11(9)12(14)18-3)19(16,17)13(15)5-2/h6-8,15H,4-5H2,1-3H3. The second-order valence-corrected chi connectivity index (χ2v) is 5.65. The van der Waals surface area contributed by atoms with E-state index >= 15 is 0 Å². The topological polar surface area (TPSA) is 83.9 Å². The van der Waals surface area contributed by atoms with Crippen molar-refractivity contribution in [1.82, 2.24) is 4.47 Å². The Bertz CT molecular complexity index is 567. The Morgan fingerprint density at radius 1 is 1.37 bits per heavy atom. The second kappa shape index (κ2) is 6.14. The average molecular weight is 287 g/mol. The molecule has 0 heterocycles. The molecular weight excluding hydrogens is 270 g/mol. The smallest absolute Gasteiger partial charge is 0.338 e. The highest BCUT2D eigenvalue weighted by Crippen LogP contribution is 2.20. The fourth-order valence-corrected chi connectivity index (χ4v) is 2.71. The van der Waals surface area contributed by atoms with Crippen LogP contribution >= 0.6 is 0 Å². The second-order valence-electron chi connectivity index (χ2n) is 3.81. The van der Waals surface area contributed by atoms with Gasteiger partial charge in [-0.2, -0.15) is 0 Å². The highest BCUT2D eigenvalue weighted by atomic mass is 32.2. The molecule has 19 heavy (non-hydrogen) atoms. The summed E-state index contributed by atoms with van der Waals surface area (Å²) in [6, 6.07) is 4.13. The van der Waals surface area contributed by atoms with E-state index in [1.165, 1.54) is 26.2 Å². The Hall–Kier alpha value is -1.44. The summed E-state index contributed by atoms with van der Waals surface area (Å²) in [5, 5.41) is 9.38. The van der Waals surface area contributed by atoms with Crippen LogP contribution in [0.4, 0.5) is 0 Å². The van der Waals surface area contributed by atoms with Crippen molar-refractivity contribution in [1.29, 1.82) is 0 Å². The lowest BCUT2D eigenvalue weighted by atomic mass is 10.1. The maximum atomic E-state index is 11.9. The Morgan fingerprint density at radius 2 is 2.00 bits per heavy atom. The summed E-state index contributed by atoms with van der Waals surface area (Å²) < 4.78 is 28.8. The van der Waals surface area contributed by atoms with Crippen molar-refractivity contribution >= 4 is 16.0 Å². The van der Waals surface area contributed by atoms with Crippen molar-refractivity contribution < 1.29 is 23.2 Å². The number of carbonyl (C=O) groups excluding carboxylic acids is 1. The van der Waals surface area contributed by atoms with Crippen molar-refractivity contribution in [2.24, 2.45) is 0 Å². The third-order valence-electron chi connectivity index (χ3n) is 2.71. The number of benzene rings is 1. The van der Waals surface area contributed by atoms with Gasteiger partial charge in [0.15, 0.2) is 0 Å². The fourth-order valence-electron chi connectivity index (χ4n) is 1.62. The highest BCUT2D eigenvalue weighted by Gasteiger charge is 2.23. The minimum absolute atomic E-state index is 0.0780. The fraction of sp³-hybridized carbons (Fsp3) is 0.417. The number of esters is 1. The molecule has 0 atom stereocenters. The number of ether oxygens (including phenoxy) is 1. The van der Waals surface area contributed by atoms with E-state index in [-0.39, 0.29) is 21.5 Å². The van der Waals surface area contributed by atoms with Crippen LogP contribution in [0.5, 0.6) is 0 Å². The third-order valence-corrected chi connectivity index (χ3v) is 4.38. The van der Waals surface area contributed by atoms with Gasteiger partial charge in [0.1, 0.15) is 0 Å². The lowest BCUT2D eigenvalue weighted by molar-refractivity contribution is 0.00856. The summed E-state index contributed by atoms with van der Waals surface area (Å²) in [6.45, 7) is 3.27. The number of aryl methyl sites for hydroxylation is 1. The van der Waals surface area contributed by atoms with Gasteiger partial charge in [-0.1, -0.05) is 17.5 Å². The molecule has 0 aliphatic carbocycles. The maximum Gasteiger partial charge on any atom is 0.338 e. The van der Waals surface area contributed by atoms with E-state index in [2.05, 4.69) is 4.74 Å². The first kappa shape index (κ1) is 15.6. The van der Waals surface area contributed by atoms with Crippen molar-refractivity contribution in [3.63, 3.8) is 0 Å². The van der Waals surface area contributed by atoms with E-state index < -0.39 is 16.0 Å². The minimum atomic E-state index is -4.00. The lowest BCUT2D eigenvalue weighted by Gasteiger charge is -2.14. The first-order chi connectivity index (χ1) is 8.88. The van der Waals surface area contributed by atoms with Crippen LogP contribution in [0.1, 0.15) is 29.8 Å². The average Bonchev–Trinajstić information content (AvgIpc) is 2.44. The molecule has 1 aromatic rings. The molecule has 0 spiro atoms. The molecule has 0 fully saturated rings. The van der Waals surface area contributed by atoms with Gasteiger partial charge in [0.05, 0.1) is 17.6 Å². The normalized spacial score (nSPS) is 11.6. The molecule has 0 radical (unpaired) electrons. The van der Waals surface area contributed by atoms with Crippen LogP contribution in [0.2, 0.25) is 0 Å². The molecule has 106 valence electrons. The van der Waals surface area contributed by atoms with Crippen molar-refractivity contribution in [3.8, 4) is 0 Å². The zero-order chi connectivity index (χ0) is 14.6. The number of hydrogen-bond donors (Lipinski definition) is 1. The van der Waals surface area contributed by atoms with Crippen LogP contribution in [-0.4, -0.2) is 37.7 Å². The summed E-state index contributed by atoms with van der Waals surface area (Å²) in [7, 11) is -2.77. The molecule has 0 aromatic heterocycles. The molecule has 0 bridgehead atoms. The van der Waals surface area contributed by atoms with Crippen LogP contribution in [0.25, 0.3) is 0 Å². The largest absolute Gasteiger partial charge is 0.465 e. The molecular formula is C12H17NO5S. The molecule has 0 saturated heterocycles. The van der Waals surface area contributed by atoms with Crippen molar-refractivity contribution in [2.75, 3.05) is 13.7 Å². The zero-order valence-electron chi connectivity index (χ0n) is 11.1. The Balaban J connectivity index is 3.37. The van der Waals surface area contributed by atoms with Gasteiger partial charge in [-0.15, -0.1) is 0 Å². The van der Waals surface area contributed by atoms with E-state index in [0.29, 0.717) is 12.0 Å². The van der Waals surface area contributed by atoms with Crippen LogP contribution in [0, 0.1) is 0 Å². The maximum absolute atomic E-state index is 11.9. The number of carbonyl (C=O) groups is 1. The predicted octanol–water partition coefficient (Wildman–Crippen LogP) is 1.44. The zero-order valence-corrected chi connectivity index (χ0v) is 11.9. The number of sulfonamides is 1. The Morgan fingerprint density at radius 3 is 2.47 bits per heavy atom. The summed E-state index contributed by atoms with van der Waals surface area (Å²) in [4.78, 5) is 11.5.